The molecular formula is C21H25ClN2O5. The van der Waals surface area contributed by atoms with Crippen molar-refractivity contribution in [3.05, 3.63) is 38.9 Å². The van der Waals surface area contributed by atoms with Gasteiger partial charge in [0, 0.05) is 17.1 Å². The topological polar surface area (TPSA) is 98.5 Å². The van der Waals surface area contributed by atoms with E-state index in [9.17, 15) is 19.7 Å². The van der Waals surface area contributed by atoms with Crippen molar-refractivity contribution < 1.29 is 19.2 Å². The second kappa shape index (κ2) is 7.59. The summed E-state index contributed by atoms with van der Waals surface area (Å²) in [5.41, 5.74) is -0.505. The normalized spacial score (nSPS) is 30.6. The molecule has 156 valence electrons. The lowest BCUT2D eigenvalue weighted by Gasteiger charge is -2.59. The van der Waals surface area contributed by atoms with Crippen LogP contribution in [0, 0.1) is 33.3 Å². The van der Waals surface area contributed by atoms with Gasteiger partial charge in [-0.25, -0.2) is 4.79 Å². The number of nitrogens with one attached hydrogen (secondary N) is 1. The Morgan fingerprint density at radius 1 is 1.24 bits per heavy atom. The molecule has 0 radical (unpaired) electrons. The molecule has 0 aromatic heterocycles. The van der Waals surface area contributed by atoms with Crippen LogP contribution < -0.4 is 5.32 Å². The van der Waals surface area contributed by atoms with Crippen molar-refractivity contribution in [2.24, 2.45) is 23.2 Å². The number of halogens is 1. The van der Waals surface area contributed by atoms with E-state index in [2.05, 4.69) is 12.2 Å². The first-order valence-corrected chi connectivity index (χ1v) is 10.5. The Morgan fingerprint density at radius 2 is 1.83 bits per heavy atom. The van der Waals surface area contributed by atoms with Gasteiger partial charge in [-0.3, -0.25) is 14.9 Å². The molecule has 4 fully saturated rings. The smallest absolute Gasteiger partial charge is 0.345 e. The third-order valence-electron chi connectivity index (χ3n) is 7.09. The number of carbonyl (C=O) groups is 2. The minimum absolute atomic E-state index is 0.0203. The van der Waals surface area contributed by atoms with Crippen molar-refractivity contribution in [3.63, 3.8) is 0 Å². The van der Waals surface area contributed by atoms with Crippen LogP contribution in [0.2, 0.25) is 5.02 Å². The van der Waals surface area contributed by atoms with Crippen molar-refractivity contribution >= 4 is 29.2 Å². The van der Waals surface area contributed by atoms with E-state index >= 15 is 0 Å². The number of ether oxygens (including phenoxy) is 1. The molecule has 1 amide bonds. The minimum Gasteiger partial charge on any atom is -0.452 e. The second-order valence-electron chi connectivity index (χ2n) is 9.06. The molecule has 0 spiro atoms. The molecule has 29 heavy (non-hydrogen) atoms. The zero-order valence-electron chi connectivity index (χ0n) is 16.4. The lowest BCUT2D eigenvalue weighted by molar-refractivity contribution is -0.385. The number of nitro groups is 1. The summed E-state index contributed by atoms with van der Waals surface area (Å²) >= 11 is 5.76. The molecular weight excluding hydrogens is 396 g/mol. The zero-order valence-corrected chi connectivity index (χ0v) is 17.1. The SMILES string of the molecule is C[C@@H](NC(=O)COC(=O)c1ccc(Cl)cc1[N+](=O)[O-])C12CC3CC(CC(C3)C1)C2. The number of hydrogen-bond acceptors (Lipinski definition) is 5. The van der Waals surface area contributed by atoms with E-state index in [1.807, 2.05) is 0 Å². The molecule has 1 aromatic rings. The predicted octanol–water partition coefficient (Wildman–Crippen LogP) is 4.13. The first-order valence-electron chi connectivity index (χ1n) is 10.2. The first kappa shape index (κ1) is 20.1. The Bertz CT molecular complexity index is 820. The Hall–Kier alpha value is -2.15. The van der Waals surface area contributed by atoms with Gasteiger partial charge in [0.25, 0.3) is 11.6 Å². The molecule has 5 rings (SSSR count). The quantitative estimate of drug-likeness (QED) is 0.424. The third kappa shape index (κ3) is 3.97. The number of carbonyl (C=O) groups excluding carboxylic acids is 2. The highest BCUT2D eigenvalue weighted by Crippen LogP contribution is 2.61. The fourth-order valence-corrected chi connectivity index (χ4v) is 6.35. The minimum atomic E-state index is -0.911. The van der Waals surface area contributed by atoms with Crippen LogP contribution in [0.15, 0.2) is 18.2 Å². The molecule has 4 aliphatic carbocycles. The molecule has 0 aliphatic heterocycles. The number of nitro benzene ring substituents is 1. The summed E-state index contributed by atoms with van der Waals surface area (Å²) in [4.78, 5) is 35.1. The average Bonchev–Trinajstić information content (AvgIpc) is 2.65. The van der Waals surface area contributed by atoms with E-state index in [0.717, 1.165) is 43.1 Å². The monoisotopic (exact) mass is 420 g/mol. The standard InChI is InChI=1S/C21H25ClN2O5/c1-12(21-8-13-4-14(9-21)6-15(5-13)10-21)23-19(25)11-29-20(26)17-3-2-16(22)7-18(17)24(27)28/h2-3,7,12-15H,4-6,8-11H2,1H3,(H,23,25)/t12-,13?,14?,15?,21?/m1/s1. The zero-order chi connectivity index (χ0) is 20.8. The van der Waals surface area contributed by atoms with Crippen LogP contribution in [0.3, 0.4) is 0 Å². The molecule has 4 saturated carbocycles. The van der Waals surface area contributed by atoms with Crippen molar-refractivity contribution in [1.82, 2.24) is 5.32 Å². The maximum atomic E-state index is 12.4. The van der Waals surface area contributed by atoms with E-state index in [1.54, 1.807) is 0 Å². The van der Waals surface area contributed by atoms with Crippen LogP contribution >= 0.6 is 11.6 Å². The molecule has 1 N–H and O–H groups in total. The molecule has 0 saturated heterocycles. The van der Waals surface area contributed by atoms with Gasteiger partial charge < -0.3 is 10.1 Å². The van der Waals surface area contributed by atoms with E-state index in [4.69, 9.17) is 16.3 Å². The molecule has 0 unspecified atom stereocenters. The molecule has 1 aromatic carbocycles. The van der Waals surface area contributed by atoms with E-state index in [-0.39, 0.29) is 28.0 Å². The Kier molecular flexibility index (Phi) is 5.27. The van der Waals surface area contributed by atoms with Gasteiger partial charge in [-0.2, -0.15) is 0 Å². The van der Waals surface area contributed by atoms with Gasteiger partial charge >= 0.3 is 5.97 Å². The van der Waals surface area contributed by atoms with E-state index < -0.39 is 23.2 Å². The Morgan fingerprint density at radius 3 is 2.38 bits per heavy atom. The van der Waals surface area contributed by atoms with Crippen LogP contribution in [-0.2, 0) is 9.53 Å². The van der Waals surface area contributed by atoms with Gasteiger partial charge in [0.15, 0.2) is 6.61 Å². The highest BCUT2D eigenvalue weighted by atomic mass is 35.5. The highest BCUT2D eigenvalue weighted by molar-refractivity contribution is 6.31. The maximum absolute atomic E-state index is 12.4. The number of benzene rings is 1. The van der Waals surface area contributed by atoms with Crippen molar-refractivity contribution in [1.29, 1.82) is 0 Å². The summed E-state index contributed by atoms with van der Waals surface area (Å²) in [5, 5.41) is 14.3. The lowest BCUT2D eigenvalue weighted by Crippen LogP contribution is -2.56. The van der Waals surface area contributed by atoms with Crippen molar-refractivity contribution in [2.75, 3.05) is 6.61 Å². The average molecular weight is 421 g/mol. The van der Waals surface area contributed by atoms with Crippen LogP contribution in [0.1, 0.15) is 55.8 Å². The van der Waals surface area contributed by atoms with E-state index in [1.165, 1.54) is 31.4 Å². The highest BCUT2D eigenvalue weighted by Gasteiger charge is 2.53. The molecule has 4 aliphatic rings. The molecule has 7 nitrogen and oxygen atoms in total. The molecule has 4 bridgehead atoms. The lowest BCUT2D eigenvalue weighted by atomic mass is 9.48. The number of hydrogen-bond donors (Lipinski definition) is 1. The Labute approximate surface area is 174 Å². The van der Waals surface area contributed by atoms with Crippen LogP contribution in [-0.4, -0.2) is 29.4 Å². The number of rotatable bonds is 6. The van der Waals surface area contributed by atoms with Crippen LogP contribution in [0.5, 0.6) is 0 Å². The summed E-state index contributed by atoms with van der Waals surface area (Å²) in [6.07, 6.45) is 7.48. The summed E-state index contributed by atoms with van der Waals surface area (Å²) in [7, 11) is 0. The summed E-state index contributed by atoms with van der Waals surface area (Å²) in [5.74, 6) is 1.06. The number of esters is 1. The second-order valence-corrected chi connectivity index (χ2v) is 9.50. The fraction of sp³-hybridized carbons (Fsp3) is 0.619. The maximum Gasteiger partial charge on any atom is 0.345 e. The summed E-state index contributed by atoms with van der Waals surface area (Å²) < 4.78 is 5.04. The Balaban J connectivity index is 1.35. The van der Waals surface area contributed by atoms with Crippen molar-refractivity contribution in [2.45, 2.75) is 51.5 Å². The predicted molar refractivity (Wildman–Crippen MR) is 107 cm³/mol. The van der Waals surface area contributed by atoms with Gasteiger partial charge in [-0.05, 0) is 80.8 Å². The van der Waals surface area contributed by atoms with Gasteiger partial charge in [0.05, 0.1) is 4.92 Å². The molecule has 1 atom stereocenters. The van der Waals surface area contributed by atoms with E-state index in [0.29, 0.717) is 0 Å². The molecule has 8 heteroatoms. The van der Waals surface area contributed by atoms with Crippen LogP contribution in [0.25, 0.3) is 0 Å². The van der Waals surface area contributed by atoms with Gasteiger partial charge in [0.2, 0.25) is 0 Å². The van der Waals surface area contributed by atoms with Gasteiger partial charge in [0.1, 0.15) is 5.56 Å². The fourth-order valence-electron chi connectivity index (χ4n) is 6.18. The van der Waals surface area contributed by atoms with Gasteiger partial charge in [-0.1, -0.05) is 11.6 Å². The first-order chi connectivity index (χ1) is 13.8. The molecule has 0 heterocycles. The van der Waals surface area contributed by atoms with Gasteiger partial charge in [-0.15, -0.1) is 0 Å². The number of amides is 1. The summed E-state index contributed by atoms with van der Waals surface area (Å²) in [6.45, 7) is 1.59. The summed E-state index contributed by atoms with van der Waals surface area (Å²) in [6, 6.07) is 3.72. The third-order valence-corrected chi connectivity index (χ3v) is 7.33. The largest absolute Gasteiger partial charge is 0.452 e. The van der Waals surface area contributed by atoms with Crippen LogP contribution in [0.4, 0.5) is 5.69 Å². The number of nitrogens with zero attached hydrogens (tertiary/aromatic N) is 1. The van der Waals surface area contributed by atoms with Crippen molar-refractivity contribution in [3.8, 4) is 0 Å².